The molecule has 2 bridgehead atoms. The van der Waals surface area contributed by atoms with Gasteiger partial charge < -0.3 is 4.74 Å². The monoisotopic (exact) mass is 391 g/mol. The van der Waals surface area contributed by atoms with Gasteiger partial charge in [-0.15, -0.1) is 0 Å². The Morgan fingerprint density at radius 1 is 1.22 bits per heavy atom. The lowest BCUT2D eigenvalue weighted by Crippen LogP contribution is -2.55. The van der Waals surface area contributed by atoms with Crippen molar-refractivity contribution in [3.63, 3.8) is 0 Å². The zero-order valence-electron chi connectivity index (χ0n) is 15.6. The van der Waals surface area contributed by atoms with E-state index in [1.165, 1.54) is 0 Å². The smallest absolute Gasteiger partial charge is 0.232 e. The molecule has 0 spiro atoms. The fourth-order valence-electron chi connectivity index (χ4n) is 4.51. The molecular formula is C18H25N5O3S. The van der Waals surface area contributed by atoms with Crippen molar-refractivity contribution in [3.8, 4) is 5.88 Å². The van der Waals surface area contributed by atoms with E-state index in [1.54, 1.807) is 32.4 Å². The third kappa shape index (κ3) is 3.70. The molecule has 0 aliphatic carbocycles. The van der Waals surface area contributed by atoms with Crippen molar-refractivity contribution >= 4 is 9.84 Å². The van der Waals surface area contributed by atoms with Crippen molar-refractivity contribution in [2.75, 3.05) is 5.88 Å². The summed E-state index contributed by atoms with van der Waals surface area (Å²) in [6.07, 6.45) is 9.66. The number of nitrogens with one attached hydrogen (secondary N) is 1. The molecule has 4 heterocycles. The Hall–Kier alpha value is -2.00. The van der Waals surface area contributed by atoms with Crippen molar-refractivity contribution in [1.82, 2.24) is 25.1 Å². The number of hydrogen-bond acceptors (Lipinski definition) is 7. The Bertz CT molecular complexity index is 865. The maximum Gasteiger partial charge on any atom is 0.232 e. The summed E-state index contributed by atoms with van der Waals surface area (Å²) >= 11 is 0. The Labute approximate surface area is 159 Å². The second kappa shape index (κ2) is 7.20. The summed E-state index contributed by atoms with van der Waals surface area (Å²) in [5.74, 6) is 0.577. The summed E-state index contributed by atoms with van der Waals surface area (Å²) in [5.41, 5.74) is 1.15. The Kier molecular flexibility index (Phi) is 4.90. The third-order valence-electron chi connectivity index (χ3n) is 5.60. The van der Waals surface area contributed by atoms with E-state index in [1.807, 2.05) is 0 Å². The molecule has 2 fully saturated rings. The van der Waals surface area contributed by atoms with Gasteiger partial charge in [0.25, 0.3) is 0 Å². The van der Waals surface area contributed by atoms with Crippen LogP contribution in [-0.2, 0) is 9.84 Å². The number of hydrogen-bond donors (Lipinski definition) is 1. The quantitative estimate of drug-likeness (QED) is 0.832. The van der Waals surface area contributed by atoms with Crippen molar-refractivity contribution in [3.05, 3.63) is 30.0 Å². The van der Waals surface area contributed by atoms with Crippen LogP contribution in [0.5, 0.6) is 5.88 Å². The average molecular weight is 391 g/mol. The molecule has 3 atom stereocenters. The van der Waals surface area contributed by atoms with E-state index in [0.29, 0.717) is 22.2 Å². The molecule has 9 heteroatoms. The molecule has 2 aliphatic rings. The number of piperidine rings is 2. The predicted molar refractivity (Wildman–Crippen MR) is 99.1 cm³/mol. The van der Waals surface area contributed by atoms with Gasteiger partial charge in [0.05, 0.1) is 17.6 Å². The number of aryl methyl sites for hydroxylation is 2. The first-order valence-corrected chi connectivity index (χ1v) is 11.0. The second-order valence-corrected chi connectivity index (χ2v) is 9.41. The maximum atomic E-state index is 13.1. The van der Waals surface area contributed by atoms with Crippen LogP contribution in [0, 0.1) is 13.8 Å². The summed E-state index contributed by atoms with van der Waals surface area (Å²) in [4.78, 5) is 10.8. The summed E-state index contributed by atoms with van der Waals surface area (Å²) in [6, 6.07) is 0.419. The predicted octanol–water partition coefficient (Wildman–Crippen LogP) is 2.01. The molecule has 146 valence electrons. The molecule has 0 unspecified atom stereocenters. The molecule has 1 N–H and O–H groups in total. The third-order valence-corrected chi connectivity index (χ3v) is 7.46. The van der Waals surface area contributed by atoms with Crippen LogP contribution >= 0.6 is 0 Å². The topological polar surface area (TPSA) is 101 Å². The van der Waals surface area contributed by atoms with Gasteiger partial charge in [-0.3, -0.25) is 15.0 Å². The van der Waals surface area contributed by atoms with Gasteiger partial charge in [-0.1, -0.05) is 6.42 Å². The van der Waals surface area contributed by atoms with Crippen LogP contribution in [0.1, 0.15) is 43.5 Å². The molecule has 0 saturated carbocycles. The van der Waals surface area contributed by atoms with E-state index < -0.39 is 9.84 Å². The normalized spacial score (nSPS) is 26.1. The minimum atomic E-state index is -3.43. The molecule has 0 aromatic carbocycles. The van der Waals surface area contributed by atoms with Crippen LogP contribution in [0.3, 0.4) is 0 Å². The van der Waals surface area contributed by atoms with Gasteiger partial charge >= 0.3 is 0 Å². The van der Waals surface area contributed by atoms with Crippen LogP contribution in [0.2, 0.25) is 0 Å². The SMILES string of the molecule is Cc1n[nH]c(C)c1S(=O)(=O)CN1[C@@H]2CCC[C@H]1C[C@H](Oc1cnccn1)C2. The first-order chi connectivity index (χ1) is 12.9. The zero-order chi connectivity index (χ0) is 19.0. The van der Waals surface area contributed by atoms with Gasteiger partial charge in [0.2, 0.25) is 5.88 Å². The molecule has 4 rings (SSSR count). The summed E-state index contributed by atoms with van der Waals surface area (Å²) < 4.78 is 32.1. The van der Waals surface area contributed by atoms with Crippen molar-refractivity contribution < 1.29 is 13.2 Å². The molecule has 2 aromatic heterocycles. The second-order valence-electron chi connectivity index (χ2n) is 7.51. The molecule has 2 saturated heterocycles. The number of sulfone groups is 1. The van der Waals surface area contributed by atoms with Gasteiger partial charge in [0, 0.05) is 24.5 Å². The molecule has 0 radical (unpaired) electrons. The van der Waals surface area contributed by atoms with Crippen molar-refractivity contribution in [2.45, 2.75) is 69.0 Å². The lowest BCUT2D eigenvalue weighted by Gasteiger charge is -2.48. The summed E-state index contributed by atoms with van der Waals surface area (Å²) in [7, 11) is -3.43. The zero-order valence-corrected chi connectivity index (χ0v) is 16.4. The van der Waals surface area contributed by atoms with E-state index in [2.05, 4.69) is 25.1 Å². The minimum Gasteiger partial charge on any atom is -0.473 e. The number of ether oxygens (including phenoxy) is 1. The number of aromatic amines is 1. The van der Waals surface area contributed by atoms with E-state index in [-0.39, 0.29) is 24.1 Å². The van der Waals surface area contributed by atoms with Crippen LogP contribution in [0.25, 0.3) is 0 Å². The largest absolute Gasteiger partial charge is 0.473 e. The van der Waals surface area contributed by atoms with Crippen molar-refractivity contribution in [2.24, 2.45) is 0 Å². The lowest BCUT2D eigenvalue weighted by atomic mass is 9.83. The Morgan fingerprint density at radius 2 is 1.96 bits per heavy atom. The van der Waals surface area contributed by atoms with Crippen LogP contribution in [0.4, 0.5) is 0 Å². The lowest BCUT2D eigenvalue weighted by molar-refractivity contribution is -0.00693. The Morgan fingerprint density at radius 3 is 2.56 bits per heavy atom. The highest BCUT2D eigenvalue weighted by Crippen LogP contribution is 2.36. The van der Waals surface area contributed by atoms with Crippen LogP contribution in [-0.4, -0.2) is 57.5 Å². The highest BCUT2D eigenvalue weighted by Gasteiger charge is 2.41. The Balaban J connectivity index is 1.50. The highest BCUT2D eigenvalue weighted by atomic mass is 32.2. The highest BCUT2D eigenvalue weighted by molar-refractivity contribution is 7.91. The minimum absolute atomic E-state index is 0.0431. The fourth-order valence-corrected chi connectivity index (χ4v) is 6.46. The summed E-state index contributed by atoms with van der Waals surface area (Å²) in [5, 5.41) is 6.84. The summed E-state index contributed by atoms with van der Waals surface area (Å²) in [6.45, 7) is 3.49. The fraction of sp³-hybridized carbons (Fsp3) is 0.611. The standard InChI is InChI=1S/C18H25N5O3S/c1-12-18(13(2)22-21-12)27(24,25)11-23-14-4-3-5-15(23)9-16(8-14)26-17-10-19-6-7-20-17/h6-7,10,14-16H,3-5,8-9,11H2,1-2H3,(H,21,22)/t14-,15+,16-. The molecule has 8 nitrogen and oxygen atoms in total. The number of aromatic nitrogens is 4. The van der Waals surface area contributed by atoms with Gasteiger partial charge in [-0.05, 0) is 39.5 Å². The van der Waals surface area contributed by atoms with Crippen LogP contribution < -0.4 is 4.74 Å². The number of H-pyrrole nitrogens is 1. The van der Waals surface area contributed by atoms with E-state index in [0.717, 1.165) is 32.1 Å². The van der Waals surface area contributed by atoms with Gasteiger partial charge in [0.1, 0.15) is 16.9 Å². The van der Waals surface area contributed by atoms with Gasteiger partial charge in [-0.25, -0.2) is 13.4 Å². The van der Waals surface area contributed by atoms with Gasteiger partial charge in [0.15, 0.2) is 9.84 Å². The van der Waals surface area contributed by atoms with E-state index in [9.17, 15) is 8.42 Å². The van der Waals surface area contributed by atoms with E-state index in [4.69, 9.17) is 4.74 Å². The molecule has 0 amide bonds. The molecule has 2 aromatic rings. The molecular weight excluding hydrogens is 366 g/mol. The maximum absolute atomic E-state index is 13.1. The van der Waals surface area contributed by atoms with E-state index >= 15 is 0 Å². The number of fused-ring (bicyclic) bond motifs is 2. The first kappa shape index (κ1) is 18.4. The van der Waals surface area contributed by atoms with Crippen molar-refractivity contribution in [1.29, 1.82) is 0 Å². The first-order valence-electron chi connectivity index (χ1n) is 9.37. The van der Waals surface area contributed by atoms with Crippen LogP contribution in [0.15, 0.2) is 23.5 Å². The number of rotatable bonds is 5. The molecule has 2 aliphatic heterocycles. The van der Waals surface area contributed by atoms with Gasteiger partial charge in [-0.2, -0.15) is 5.10 Å². The average Bonchev–Trinajstić information content (AvgIpc) is 2.95. The number of nitrogens with zero attached hydrogens (tertiary/aromatic N) is 4. The molecule has 27 heavy (non-hydrogen) atoms.